The molecule has 124 valence electrons. The number of benzene rings is 2. The minimum Gasteiger partial charge on any atom is -0.508 e. The molecule has 0 aromatic heterocycles. The number of nitrogens with one attached hydrogen (secondary N) is 1. The van der Waals surface area contributed by atoms with E-state index in [0.717, 1.165) is 6.26 Å². The lowest BCUT2D eigenvalue weighted by Gasteiger charge is -2.27. The summed E-state index contributed by atoms with van der Waals surface area (Å²) in [5.41, 5.74) is 0.624. The third-order valence-electron chi connectivity index (χ3n) is 4.03. The molecule has 24 heavy (non-hydrogen) atoms. The van der Waals surface area contributed by atoms with E-state index in [4.69, 9.17) is 5.41 Å². The lowest BCUT2D eigenvalue weighted by molar-refractivity contribution is -0.112. The Bertz CT molecular complexity index is 892. The van der Waals surface area contributed by atoms with Crippen LogP contribution in [0.4, 0.5) is 5.69 Å². The van der Waals surface area contributed by atoms with Crippen LogP contribution in [0.15, 0.2) is 54.6 Å². The van der Waals surface area contributed by atoms with Gasteiger partial charge in [-0.05, 0) is 29.8 Å². The average Bonchev–Trinajstić information content (AvgIpc) is 2.81. The van der Waals surface area contributed by atoms with Crippen LogP contribution in [-0.4, -0.2) is 36.6 Å². The van der Waals surface area contributed by atoms with Crippen molar-refractivity contribution in [2.24, 2.45) is 0 Å². The molecule has 2 aromatic carbocycles. The number of carbonyl (C=O) groups is 1. The van der Waals surface area contributed by atoms with Gasteiger partial charge in [0.05, 0.1) is 6.04 Å². The summed E-state index contributed by atoms with van der Waals surface area (Å²) in [6.45, 7) is 0. The molecule has 1 aliphatic rings. The Kier molecular flexibility index (Phi) is 3.88. The van der Waals surface area contributed by atoms with Crippen molar-refractivity contribution < 1.29 is 18.3 Å². The van der Waals surface area contributed by atoms with E-state index >= 15 is 0 Å². The first-order chi connectivity index (χ1) is 11.3. The van der Waals surface area contributed by atoms with E-state index in [9.17, 15) is 18.3 Å². The van der Waals surface area contributed by atoms with Gasteiger partial charge in [-0.2, -0.15) is 0 Å². The molecule has 2 N–H and O–H groups in total. The summed E-state index contributed by atoms with van der Waals surface area (Å²) in [6, 6.07) is 13.9. The fourth-order valence-electron chi connectivity index (χ4n) is 2.98. The molecule has 1 saturated heterocycles. The number of phenols is 1. The van der Waals surface area contributed by atoms with Crippen molar-refractivity contribution in [1.29, 1.82) is 5.41 Å². The van der Waals surface area contributed by atoms with Crippen molar-refractivity contribution in [3.63, 3.8) is 0 Å². The molecular weight excluding hydrogens is 328 g/mol. The topological polar surface area (TPSA) is 98.5 Å². The SMILES string of the molecule is CS(=O)(=O)[C@@H]1C(=N)C(=O)N(c2ccc(O)cc2)[C@H]1c1ccccc1. The zero-order chi connectivity index (χ0) is 17.5. The summed E-state index contributed by atoms with van der Waals surface area (Å²) >= 11 is 0. The third kappa shape index (κ3) is 2.67. The van der Waals surface area contributed by atoms with E-state index in [1.807, 2.05) is 0 Å². The number of hydrogen-bond acceptors (Lipinski definition) is 5. The van der Waals surface area contributed by atoms with Crippen LogP contribution < -0.4 is 4.90 Å². The highest BCUT2D eigenvalue weighted by Crippen LogP contribution is 2.39. The minimum absolute atomic E-state index is 0.0383. The van der Waals surface area contributed by atoms with Gasteiger partial charge in [0.1, 0.15) is 16.7 Å². The number of anilines is 1. The zero-order valence-corrected chi connectivity index (χ0v) is 13.7. The van der Waals surface area contributed by atoms with Crippen LogP contribution in [0.5, 0.6) is 5.75 Å². The number of carbonyl (C=O) groups excluding carboxylic acids is 1. The van der Waals surface area contributed by atoms with Crippen molar-refractivity contribution in [3.8, 4) is 5.75 Å². The number of rotatable bonds is 3. The molecular formula is C17H16N2O4S. The highest BCUT2D eigenvalue weighted by Gasteiger charge is 2.51. The molecule has 0 saturated carbocycles. The van der Waals surface area contributed by atoms with Gasteiger partial charge in [0.2, 0.25) is 0 Å². The number of sulfone groups is 1. The predicted octanol–water partition coefficient (Wildman–Crippen LogP) is 1.91. The highest BCUT2D eigenvalue weighted by atomic mass is 32.2. The Morgan fingerprint density at radius 3 is 2.17 bits per heavy atom. The fourth-order valence-corrected chi connectivity index (χ4v) is 4.26. The van der Waals surface area contributed by atoms with Gasteiger partial charge in [-0.15, -0.1) is 0 Å². The molecule has 7 heteroatoms. The van der Waals surface area contributed by atoms with E-state index in [-0.39, 0.29) is 5.75 Å². The molecule has 1 fully saturated rings. The van der Waals surface area contributed by atoms with Gasteiger partial charge in [-0.3, -0.25) is 15.1 Å². The first-order valence-electron chi connectivity index (χ1n) is 7.25. The summed E-state index contributed by atoms with van der Waals surface area (Å²) in [5, 5.41) is 16.3. The van der Waals surface area contributed by atoms with Crippen LogP contribution in [0.3, 0.4) is 0 Å². The second-order valence-electron chi connectivity index (χ2n) is 5.71. The maximum Gasteiger partial charge on any atom is 0.274 e. The molecule has 0 unspecified atom stereocenters. The predicted molar refractivity (Wildman–Crippen MR) is 91.1 cm³/mol. The van der Waals surface area contributed by atoms with Gasteiger partial charge in [0, 0.05) is 11.9 Å². The first-order valence-corrected chi connectivity index (χ1v) is 9.21. The summed E-state index contributed by atoms with van der Waals surface area (Å²) in [6.07, 6.45) is 1.04. The molecule has 1 heterocycles. The Morgan fingerprint density at radius 1 is 1.04 bits per heavy atom. The molecule has 3 rings (SSSR count). The second kappa shape index (κ2) is 5.76. The maximum atomic E-state index is 12.6. The van der Waals surface area contributed by atoms with Crippen LogP contribution >= 0.6 is 0 Å². The Labute approximate surface area is 139 Å². The van der Waals surface area contributed by atoms with Crippen LogP contribution in [-0.2, 0) is 14.6 Å². The highest BCUT2D eigenvalue weighted by molar-refractivity contribution is 7.92. The summed E-state index contributed by atoms with van der Waals surface area (Å²) < 4.78 is 24.5. The van der Waals surface area contributed by atoms with E-state index < -0.39 is 32.7 Å². The van der Waals surface area contributed by atoms with Gasteiger partial charge in [0.15, 0.2) is 9.84 Å². The Hall–Kier alpha value is -2.67. The first kappa shape index (κ1) is 16.2. The van der Waals surface area contributed by atoms with Crippen molar-refractivity contribution >= 4 is 27.1 Å². The zero-order valence-electron chi connectivity index (χ0n) is 12.9. The van der Waals surface area contributed by atoms with Crippen LogP contribution in [0, 0.1) is 5.41 Å². The van der Waals surface area contributed by atoms with E-state index in [2.05, 4.69) is 0 Å². The Balaban J connectivity index is 2.20. The molecule has 0 radical (unpaired) electrons. The number of nitrogens with zero attached hydrogens (tertiary/aromatic N) is 1. The van der Waals surface area contributed by atoms with Gasteiger partial charge in [0.25, 0.3) is 5.91 Å². The molecule has 0 aliphatic carbocycles. The van der Waals surface area contributed by atoms with E-state index in [1.54, 1.807) is 30.3 Å². The quantitative estimate of drug-likeness (QED) is 0.888. The van der Waals surface area contributed by atoms with Gasteiger partial charge >= 0.3 is 0 Å². The monoisotopic (exact) mass is 344 g/mol. The maximum absolute atomic E-state index is 12.6. The molecule has 0 spiro atoms. The van der Waals surface area contributed by atoms with Gasteiger partial charge in [-0.25, -0.2) is 8.42 Å². The van der Waals surface area contributed by atoms with Crippen molar-refractivity contribution in [2.75, 3.05) is 11.2 Å². The summed E-state index contributed by atoms with van der Waals surface area (Å²) in [4.78, 5) is 13.9. The standard InChI is InChI=1S/C17H16N2O4S/c1-24(22,23)16-14(18)17(21)19(12-7-9-13(20)10-8-12)15(16)11-5-3-2-4-6-11/h2-10,15-16,18,20H,1H3/t15-,16+/m0/s1. The molecule has 1 aliphatic heterocycles. The summed E-state index contributed by atoms with van der Waals surface area (Å²) in [5.74, 6) is -0.610. The van der Waals surface area contributed by atoms with Gasteiger partial charge in [-0.1, -0.05) is 30.3 Å². The normalized spacial score (nSPS) is 21.3. The summed E-state index contributed by atoms with van der Waals surface area (Å²) in [7, 11) is -3.67. The molecule has 1 amide bonds. The van der Waals surface area contributed by atoms with Crippen LogP contribution in [0.1, 0.15) is 11.6 Å². The van der Waals surface area contributed by atoms with Crippen molar-refractivity contribution in [2.45, 2.75) is 11.3 Å². The molecule has 6 nitrogen and oxygen atoms in total. The number of phenolic OH excluding ortho intramolecular Hbond substituents is 1. The lowest BCUT2D eigenvalue weighted by Crippen LogP contribution is -2.33. The van der Waals surface area contributed by atoms with Crippen LogP contribution in [0.2, 0.25) is 0 Å². The molecule has 2 aromatic rings. The van der Waals surface area contributed by atoms with Crippen LogP contribution in [0.25, 0.3) is 0 Å². The minimum atomic E-state index is -3.67. The molecule has 2 atom stereocenters. The van der Waals surface area contributed by atoms with Gasteiger partial charge < -0.3 is 5.11 Å². The number of amides is 1. The Morgan fingerprint density at radius 2 is 1.62 bits per heavy atom. The fraction of sp³-hybridized carbons (Fsp3) is 0.176. The third-order valence-corrected chi connectivity index (χ3v) is 5.44. The smallest absolute Gasteiger partial charge is 0.274 e. The number of aromatic hydroxyl groups is 1. The second-order valence-corrected chi connectivity index (χ2v) is 7.88. The largest absolute Gasteiger partial charge is 0.508 e. The van der Waals surface area contributed by atoms with Crippen molar-refractivity contribution in [1.82, 2.24) is 0 Å². The van der Waals surface area contributed by atoms with E-state index in [1.165, 1.54) is 29.2 Å². The number of hydrogen-bond donors (Lipinski definition) is 2. The van der Waals surface area contributed by atoms with E-state index in [0.29, 0.717) is 11.3 Å². The molecule has 0 bridgehead atoms. The van der Waals surface area contributed by atoms with Crippen molar-refractivity contribution in [3.05, 3.63) is 60.2 Å². The lowest BCUT2D eigenvalue weighted by atomic mass is 10.0. The average molecular weight is 344 g/mol.